The van der Waals surface area contributed by atoms with Crippen LogP contribution in [-0.4, -0.2) is 35.2 Å². The second-order valence-electron chi connectivity index (χ2n) is 9.51. The number of benzene rings is 3. The minimum absolute atomic E-state index is 0.0235. The van der Waals surface area contributed by atoms with Gasteiger partial charge in [0.15, 0.2) is 11.5 Å². The van der Waals surface area contributed by atoms with E-state index in [1.807, 2.05) is 54.3 Å². The first-order valence-corrected chi connectivity index (χ1v) is 13.4. The first-order valence-electron chi connectivity index (χ1n) is 13.4. The maximum Gasteiger partial charge on any atom is 0.227 e. The van der Waals surface area contributed by atoms with Gasteiger partial charge >= 0.3 is 0 Å². The van der Waals surface area contributed by atoms with Crippen LogP contribution in [0.2, 0.25) is 0 Å². The number of para-hydroxylation sites is 4. The van der Waals surface area contributed by atoms with Crippen molar-refractivity contribution in [1.29, 1.82) is 0 Å². The standard InChI is InChI=1S/C31H35N3O3/c1-3-5-10-23-15-17-25(18-16-23)34-22-24(21-30(34)35)31-32-26-11-6-7-12-27(26)33(31)19-20-37-29-14-9-8-13-28(29)36-4-2/h6-9,11-18,24H,3-5,10,19-22H2,1-2H3. The number of hydrogen-bond acceptors (Lipinski definition) is 4. The highest BCUT2D eigenvalue weighted by atomic mass is 16.5. The predicted octanol–water partition coefficient (Wildman–Crippen LogP) is 6.38. The molecule has 0 N–H and O–H groups in total. The number of aryl methyl sites for hydroxylation is 1. The molecule has 1 amide bonds. The molecule has 0 bridgehead atoms. The summed E-state index contributed by atoms with van der Waals surface area (Å²) in [5, 5.41) is 0. The molecule has 1 aliphatic rings. The number of nitrogens with zero attached hydrogens (tertiary/aromatic N) is 3. The summed E-state index contributed by atoms with van der Waals surface area (Å²) in [7, 11) is 0. The molecule has 1 atom stereocenters. The average Bonchev–Trinajstić information content (AvgIpc) is 3.49. The van der Waals surface area contributed by atoms with Gasteiger partial charge in [-0.25, -0.2) is 4.98 Å². The molecule has 0 spiro atoms. The van der Waals surface area contributed by atoms with E-state index in [1.165, 1.54) is 18.4 Å². The van der Waals surface area contributed by atoms with E-state index in [0.29, 0.717) is 32.7 Å². The Morgan fingerprint density at radius 3 is 2.41 bits per heavy atom. The number of amides is 1. The molecule has 3 aromatic carbocycles. The Kier molecular flexibility index (Phi) is 7.73. The quantitative estimate of drug-likeness (QED) is 0.241. The fourth-order valence-electron chi connectivity index (χ4n) is 5.09. The van der Waals surface area contributed by atoms with Crippen LogP contribution in [0.15, 0.2) is 72.8 Å². The number of aromatic nitrogens is 2. The second-order valence-corrected chi connectivity index (χ2v) is 9.51. The normalized spacial score (nSPS) is 15.5. The number of carbonyl (C=O) groups is 1. The van der Waals surface area contributed by atoms with Gasteiger partial charge in [0.25, 0.3) is 0 Å². The summed E-state index contributed by atoms with van der Waals surface area (Å²) in [4.78, 5) is 20.0. The van der Waals surface area contributed by atoms with Gasteiger partial charge in [0.1, 0.15) is 12.4 Å². The van der Waals surface area contributed by atoms with E-state index in [0.717, 1.165) is 40.5 Å². The van der Waals surface area contributed by atoms with Gasteiger partial charge in [0, 0.05) is 24.6 Å². The van der Waals surface area contributed by atoms with Crippen molar-refractivity contribution in [2.45, 2.75) is 52.0 Å². The largest absolute Gasteiger partial charge is 0.490 e. The maximum atomic E-state index is 13.1. The van der Waals surface area contributed by atoms with E-state index >= 15 is 0 Å². The Morgan fingerprint density at radius 1 is 0.919 bits per heavy atom. The molecule has 6 heteroatoms. The predicted molar refractivity (Wildman–Crippen MR) is 148 cm³/mol. The van der Waals surface area contributed by atoms with E-state index < -0.39 is 0 Å². The van der Waals surface area contributed by atoms with Gasteiger partial charge in [-0.15, -0.1) is 0 Å². The Labute approximate surface area is 218 Å². The minimum atomic E-state index is 0.0235. The van der Waals surface area contributed by atoms with Crippen molar-refractivity contribution in [3.63, 3.8) is 0 Å². The molecule has 0 radical (unpaired) electrons. The second kappa shape index (κ2) is 11.5. The van der Waals surface area contributed by atoms with E-state index in [1.54, 1.807) is 0 Å². The summed E-state index contributed by atoms with van der Waals surface area (Å²) in [6.45, 7) is 6.49. The molecule has 5 rings (SSSR count). The summed E-state index contributed by atoms with van der Waals surface area (Å²) in [6.07, 6.45) is 3.89. The lowest BCUT2D eigenvalue weighted by Crippen LogP contribution is -2.24. The summed E-state index contributed by atoms with van der Waals surface area (Å²) in [5.41, 5.74) is 4.29. The Morgan fingerprint density at radius 2 is 1.65 bits per heavy atom. The number of unbranched alkanes of at least 4 members (excludes halogenated alkanes) is 1. The smallest absolute Gasteiger partial charge is 0.227 e. The van der Waals surface area contributed by atoms with E-state index in [-0.39, 0.29) is 11.8 Å². The molecule has 192 valence electrons. The third-order valence-electron chi connectivity index (χ3n) is 6.96. The number of carbonyl (C=O) groups excluding carboxylic acids is 1. The summed E-state index contributed by atoms with van der Waals surface area (Å²) < 4.78 is 14.1. The van der Waals surface area contributed by atoms with Crippen molar-refractivity contribution < 1.29 is 14.3 Å². The zero-order valence-corrected chi connectivity index (χ0v) is 21.7. The van der Waals surface area contributed by atoms with Crippen molar-refractivity contribution in [1.82, 2.24) is 9.55 Å². The molecule has 1 aromatic heterocycles. The number of ether oxygens (including phenoxy) is 2. The summed E-state index contributed by atoms with van der Waals surface area (Å²) in [5.74, 6) is 2.60. The fraction of sp³-hybridized carbons (Fsp3) is 0.355. The van der Waals surface area contributed by atoms with E-state index in [9.17, 15) is 4.79 Å². The Bertz CT molecular complexity index is 1350. The molecule has 1 saturated heterocycles. The van der Waals surface area contributed by atoms with Gasteiger partial charge in [-0.1, -0.05) is 49.7 Å². The zero-order valence-electron chi connectivity index (χ0n) is 21.7. The Hall–Kier alpha value is -3.80. The number of hydrogen-bond donors (Lipinski definition) is 0. The number of rotatable bonds is 11. The lowest BCUT2D eigenvalue weighted by molar-refractivity contribution is -0.117. The van der Waals surface area contributed by atoms with Crippen LogP contribution in [0.4, 0.5) is 5.69 Å². The third kappa shape index (κ3) is 5.48. The van der Waals surface area contributed by atoms with Crippen LogP contribution >= 0.6 is 0 Å². The van der Waals surface area contributed by atoms with Crippen molar-refractivity contribution in [2.75, 3.05) is 24.7 Å². The maximum absolute atomic E-state index is 13.1. The first kappa shape index (κ1) is 24.9. The molecular formula is C31H35N3O3. The molecule has 37 heavy (non-hydrogen) atoms. The molecule has 1 unspecified atom stereocenters. The van der Waals surface area contributed by atoms with Crippen molar-refractivity contribution >= 4 is 22.6 Å². The molecule has 4 aromatic rings. The van der Waals surface area contributed by atoms with Gasteiger partial charge in [0.2, 0.25) is 5.91 Å². The van der Waals surface area contributed by atoms with E-state index in [4.69, 9.17) is 14.5 Å². The fourth-order valence-corrected chi connectivity index (χ4v) is 5.09. The first-order chi connectivity index (χ1) is 18.2. The number of fused-ring (bicyclic) bond motifs is 1. The van der Waals surface area contributed by atoms with Crippen LogP contribution in [0.3, 0.4) is 0 Å². The number of imidazole rings is 1. The van der Waals surface area contributed by atoms with Crippen molar-refractivity contribution in [3.05, 3.63) is 84.2 Å². The van der Waals surface area contributed by atoms with Gasteiger partial charge in [-0.05, 0) is 61.7 Å². The molecule has 2 heterocycles. The van der Waals surface area contributed by atoms with Gasteiger partial charge < -0.3 is 18.9 Å². The molecular weight excluding hydrogens is 462 g/mol. The van der Waals surface area contributed by atoms with Crippen LogP contribution in [0.1, 0.15) is 50.4 Å². The highest BCUT2D eigenvalue weighted by Gasteiger charge is 2.34. The van der Waals surface area contributed by atoms with Crippen molar-refractivity contribution in [2.24, 2.45) is 0 Å². The molecule has 6 nitrogen and oxygen atoms in total. The van der Waals surface area contributed by atoms with Gasteiger partial charge in [-0.2, -0.15) is 0 Å². The van der Waals surface area contributed by atoms with Gasteiger partial charge in [-0.3, -0.25) is 4.79 Å². The topological polar surface area (TPSA) is 56.6 Å². The van der Waals surface area contributed by atoms with Crippen LogP contribution in [0.25, 0.3) is 11.0 Å². The molecule has 0 aliphatic carbocycles. The van der Waals surface area contributed by atoms with Crippen LogP contribution < -0.4 is 14.4 Å². The van der Waals surface area contributed by atoms with E-state index in [2.05, 4.69) is 41.8 Å². The van der Waals surface area contributed by atoms with Crippen LogP contribution in [0.5, 0.6) is 11.5 Å². The minimum Gasteiger partial charge on any atom is -0.490 e. The molecule has 0 saturated carbocycles. The van der Waals surface area contributed by atoms with Crippen LogP contribution in [0, 0.1) is 0 Å². The van der Waals surface area contributed by atoms with Gasteiger partial charge in [0.05, 0.1) is 24.2 Å². The highest BCUT2D eigenvalue weighted by molar-refractivity contribution is 5.96. The SMILES string of the molecule is CCCCc1ccc(N2CC(c3nc4ccccc4n3CCOc3ccccc3OCC)CC2=O)cc1. The Balaban J connectivity index is 1.34. The molecule has 1 aliphatic heterocycles. The average molecular weight is 498 g/mol. The summed E-state index contributed by atoms with van der Waals surface area (Å²) >= 11 is 0. The molecule has 1 fully saturated rings. The zero-order chi connectivity index (χ0) is 25.6. The summed E-state index contributed by atoms with van der Waals surface area (Å²) in [6, 6.07) is 24.4. The van der Waals surface area contributed by atoms with Crippen LogP contribution in [-0.2, 0) is 17.8 Å². The monoisotopic (exact) mass is 497 g/mol. The number of anilines is 1. The van der Waals surface area contributed by atoms with Crippen molar-refractivity contribution in [3.8, 4) is 11.5 Å². The highest BCUT2D eigenvalue weighted by Crippen LogP contribution is 2.34. The lowest BCUT2D eigenvalue weighted by atomic mass is 10.1. The third-order valence-corrected chi connectivity index (χ3v) is 6.96. The lowest BCUT2D eigenvalue weighted by Gasteiger charge is -2.18.